The lowest BCUT2D eigenvalue weighted by Crippen LogP contribution is -2.48. The molecule has 2 saturated heterocycles. The van der Waals surface area contributed by atoms with E-state index in [9.17, 15) is 19.2 Å². The van der Waals surface area contributed by atoms with Gasteiger partial charge in [-0.15, -0.1) is 0 Å². The third kappa shape index (κ3) is 9.66. The molecule has 0 aliphatic carbocycles. The predicted octanol–water partition coefficient (Wildman–Crippen LogP) is 7.69. The fourth-order valence-electron chi connectivity index (χ4n) is 9.35. The molecule has 0 unspecified atom stereocenters. The smallest absolute Gasteiger partial charge is 0.253 e. The number of hydrogen-bond acceptors (Lipinski definition) is 10. The van der Waals surface area contributed by atoms with Gasteiger partial charge in [-0.1, -0.05) is 6.92 Å². The molecule has 2 fully saturated rings. The molecule has 5 N–H and O–H groups in total. The quantitative estimate of drug-likeness (QED) is 0.112. The number of nitrogens with one attached hydrogen (secondary N) is 5. The Balaban J connectivity index is 0.000000192. The summed E-state index contributed by atoms with van der Waals surface area (Å²) in [5.74, 6) is 1.01. The van der Waals surface area contributed by atoms with Gasteiger partial charge in [0.1, 0.15) is 0 Å². The molecule has 4 aliphatic rings. The number of piperidine rings is 2. The minimum absolute atomic E-state index is 0.151. The van der Waals surface area contributed by atoms with E-state index in [1.165, 1.54) is 0 Å². The monoisotopic (exact) mass is 1010 g/mol. The molecular formula is C48H60Br2N6O8. The third-order valence-corrected chi connectivity index (χ3v) is 14.5. The summed E-state index contributed by atoms with van der Waals surface area (Å²) in [6.45, 7) is 22.6. The molecule has 344 valence electrons. The van der Waals surface area contributed by atoms with Crippen LogP contribution in [0.15, 0.2) is 42.8 Å². The normalized spacial score (nSPS) is 20.7. The van der Waals surface area contributed by atoms with Crippen molar-refractivity contribution in [3.63, 3.8) is 0 Å². The first kappa shape index (κ1) is 47.3. The number of amides is 2. The molecule has 4 aliphatic heterocycles. The number of halogens is 2. The summed E-state index contributed by atoms with van der Waals surface area (Å²) in [6.07, 6.45) is 3.96. The zero-order valence-electron chi connectivity index (χ0n) is 38.2. The number of hydrogen-bond donors (Lipinski definition) is 5. The summed E-state index contributed by atoms with van der Waals surface area (Å²) in [5.41, 5.74) is 6.48. The molecule has 64 heavy (non-hydrogen) atoms. The SMILES string of the molecule is CCN1CCC([C@@]2(C)Oc3c(Br)cc(C(=O)NCc4c(C)cc(C)[nH]c4=O)c(C)c3O2)CC1.Cc1cc(C)c(CNC(=O)c2cc(Br)c3c(c2C)O[C@@](C)(C2CCNCC2)O3)c(=O)[nH]1. The number of benzene rings is 2. The van der Waals surface area contributed by atoms with Gasteiger partial charge in [-0.25, -0.2) is 0 Å². The van der Waals surface area contributed by atoms with Gasteiger partial charge in [0, 0.05) is 83.5 Å². The number of H-pyrrole nitrogens is 2. The van der Waals surface area contributed by atoms with E-state index in [1.807, 2.05) is 67.5 Å². The number of carbonyl (C=O) groups excluding carboxylic acids is 2. The van der Waals surface area contributed by atoms with Crippen LogP contribution in [0.3, 0.4) is 0 Å². The van der Waals surface area contributed by atoms with Crippen molar-refractivity contribution in [2.45, 2.75) is 113 Å². The minimum atomic E-state index is -0.753. The fourth-order valence-corrected chi connectivity index (χ4v) is 10.3. The number of aromatic amines is 2. The molecule has 0 radical (unpaired) electrons. The van der Waals surface area contributed by atoms with Crippen molar-refractivity contribution >= 4 is 43.7 Å². The summed E-state index contributed by atoms with van der Waals surface area (Å²) < 4.78 is 26.8. The van der Waals surface area contributed by atoms with Gasteiger partial charge in [-0.3, -0.25) is 19.2 Å². The number of likely N-dealkylation sites (tertiary alicyclic amines) is 1. The second kappa shape index (κ2) is 19.1. The number of fused-ring (bicyclic) bond motifs is 2. The molecule has 6 heterocycles. The van der Waals surface area contributed by atoms with Crippen LogP contribution in [0.4, 0.5) is 0 Å². The number of rotatable bonds is 9. The fraction of sp³-hybridized carbons (Fsp3) is 0.500. The molecule has 4 aromatic rings. The number of nitrogens with zero attached hydrogens (tertiary/aromatic N) is 1. The minimum Gasteiger partial charge on any atom is -0.448 e. The van der Waals surface area contributed by atoms with Crippen molar-refractivity contribution in [3.8, 4) is 23.0 Å². The zero-order chi connectivity index (χ0) is 46.2. The van der Waals surface area contributed by atoms with Gasteiger partial charge in [0.2, 0.25) is 0 Å². The first-order valence-corrected chi connectivity index (χ1v) is 23.7. The van der Waals surface area contributed by atoms with Crippen molar-refractivity contribution in [2.75, 3.05) is 32.7 Å². The van der Waals surface area contributed by atoms with E-state index < -0.39 is 11.6 Å². The molecule has 2 atom stereocenters. The summed E-state index contributed by atoms with van der Waals surface area (Å²) in [7, 11) is 0. The molecule has 8 rings (SSSR count). The maximum atomic E-state index is 13.1. The highest BCUT2D eigenvalue weighted by atomic mass is 79.9. The van der Waals surface area contributed by atoms with Crippen LogP contribution < -0.4 is 46.0 Å². The molecule has 0 bridgehead atoms. The van der Waals surface area contributed by atoms with Crippen molar-refractivity contribution in [3.05, 3.63) is 110 Å². The van der Waals surface area contributed by atoms with E-state index in [0.717, 1.165) is 92.0 Å². The molecule has 2 aromatic heterocycles. The zero-order valence-corrected chi connectivity index (χ0v) is 41.4. The van der Waals surface area contributed by atoms with Crippen molar-refractivity contribution in [1.29, 1.82) is 0 Å². The first-order chi connectivity index (χ1) is 30.3. The van der Waals surface area contributed by atoms with Gasteiger partial charge in [0.25, 0.3) is 34.5 Å². The van der Waals surface area contributed by atoms with Crippen molar-refractivity contribution in [1.82, 2.24) is 30.8 Å². The average Bonchev–Trinajstić information content (AvgIpc) is 3.83. The number of ether oxygens (including phenoxy) is 4. The van der Waals surface area contributed by atoms with E-state index in [2.05, 4.69) is 69.6 Å². The Hall–Kier alpha value is -4.64. The van der Waals surface area contributed by atoms with E-state index in [-0.39, 0.29) is 47.9 Å². The molecule has 16 heteroatoms. The number of aromatic nitrogens is 2. The second-order valence-electron chi connectivity index (χ2n) is 17.8. The van der Waals surface area contributed by atoms with Crippen molar-refractivity contribution < 1.29 is 28.5 Å². The Morgan fingerprint density at radius 2 is 1.05 bits per heavy atom. The van der Waals surface area contributed by atoms with Crippen LogP contribution in [0.5, 0.6) is 23.0 Å². The van der Waals surface area contributed by atoms with Crippen molar-refractivity contribution in [2.24, 2.45) is 11.8 Å². The number of aryl methyl sites for hydroxylation is 4. The molecule has 2 aromatic carbocycles. The van der Waals surface area contributed by atoms with Crippen LogP contribution in [0.25, 0.3) is 0 Å². The van der Waals surface area contributed by atoms with E-state index in [0.29, 0.717) is 54.2 Å². The first-order valence-electron chi connectivity index (χ1n) is 22.1. The summed E-state index contributed by atoms with van der Waals surface area (Å²) in [5, 5.41) is 9.13. The van der Waals surface area contributed by atoms with Gasteiger partial charge in [0.05, 0.1) is 8.95 Å². The maximum Gasteiger partial charge on any atom is 0.253 e. The molecular weight excluding hydrogens is 948 g/mol. The molecule has 2 amide bonds. The highest BCUT2D eigenvalue weighted by Gasteiger charge is 2.48. The van der Waals surface area contributed by atoms with E-state index in [1.54, 1.807) is 12.1 Å². The lowest BCUT2D eigenvalue weighted by atomic mass is 9.89. The Bertz CT molecular complexity index is 2580. The van der Waals surface area contributed by atoms with Gasteiger partial charge in [-0.05, 0) is 167 Å². The van der Waals surface area contributed by atoms with Crippen LogP contribution in [0.2, 0.25) is 0 Å². The summed E-state index contributed by atoms with van der Waals surface area (Å²) >= 11 is 7.13. The Kier molecular flexibility index (Phi) is 14.1. The van der Waals surface area contributed by atoms with Crippen LogP contribution in [0.1, 0.15) is 112 Å². The van der Waals surface area contributed by atoms with Crippen LogP contribution in [-0.4, -0.2) is 71.0 Å². The molecule has 0 spiro atoms. The van der Waals surface area contributed by atoms with Gasteiger partial charge < -0.3 is 49.8 Å². The van der Waals surface area contributed by atoms with Crippen LogP contribution in [-0.2, 0) is 13.1 Å². The van der Waals surface area contributed by atoms with E-state index in [4.69, 9.17) is 18.9 Å². The summed E-state index contributed by atoms with van der Waals surface area (Å²) in [6, 6.07) is 7.32. The second-order valence-corrected chi connectivity index (χ2v) is 19.5. The molecule has 0 saturated carbocycles. The molecule has 14 nitrogen and oxygen atoms in total. The average molecular weight is 1010 g/mol. The largest absolute Gasteiger partial charge is 0.448 e. The maximum absolute atomic E-state index is 13.1. The Morgan fingerprint density at radius 3 is 1.44 bits per heavy atom. The lowest BCUT2D eigenvalue weighted by Gasteiger charge is -2.38. The van der Waals surface area contributed by atoms with Gasteiger partial charge >= 0.3 is 0 Å². The standard InChI is InChI=1S/C25H32BrN3O4.C23H28BrN3O4/c1-6-29-9-7-17(8-10-29)25(5)32-21-16(4)18(12-20(26)22(21)33-25)23(30)27-13-19-14(2)11-15(3)28-24(19)31;1-12-9-13(2)27-22(29)17(12)11-26-21(28)16-10-18(24)20-19(14(16)3)30-23(4,31-20)15-5-7-25-8-6-15/h11-12,17H,6-10,13H2,1-5H3,(H,27,30)(H,28,31);9-10,15,25H,5-8,11H2,1-4H3,(H,26,28)(H,27,29)/t25-;23-/m11/s1. The third-order valence-electron chi connectivity index (χ3n) is 13.3. The highest BCUT2D eigenvalue weighted by Crippen LogP contribution is 2.52. The predicted molar refractivity (Wildman–Crippen MR) is 253 cm³/mol. The van der Waals surface area contributed by atoms with Gasteiger partial charge in [-0.2, -0.15) is 0 Å². The summed E-state index contributed by atoms with van der Waals surface area (Å²) in [4.78, 5) is 58.6. The van der Waals surface area contributed by atoms with Crippen LogP contribution >= 0.6 is 31.9 Å². The van der Waals surface area contributed by atoms with E-state index >= 15 is 0 Å². The van der Waals surface area contributed by atoms with Gasteiger partial charge in [0.15, 0.2) is 23.0 Å². The Morgan fingerprint density at radius 1 is 0.656 bits per heavy atom. The van der Waals surface area contributed by atoms with Crippen LogP contribution in [0, 0.1) is 53.4 Å². The number of carbonyl (C=O) groups is 2. The highest BCUT2D eigenvalue weighted by molar-refractivity contribution is 9.11. The number of pyridine rings is 2. The lowest BCUT2D eigenvalue weighted by molar-refractivity contribution is -0.124. The topological polar surface area (TPSA) is 176 Å². The Labute approximate surface area is 391 Å².